The fraction of sp³-hybridized carbons (Fsp3) is 0.375. The summed E-state index contributed by atoms with van der Waals surface area (Å²) in [5, 5.41) is 0. The van der Waals surface area contributed by atoms with Crippen molar-refractivity contribution >= 4 is 17.8 Å². The summed E-state index contributed by atoms with van der Waals surface area (Å²) < 4.78 is 0. The van der Waals surface area contributed by atoms with Crippen LogP contribution in [0.5, 0.6) is 0 Å². The van der Waals surface area contributed by atoms with Crippen LogP contribution in [0, 0.1) is 12.3 Å². The predicted octanol–water partition coefficient (Wildman–Crippen LogP) is 4.67. The third kappa shape index (κ3) is 3.77. The van der Waals surface area contributed by atoms with Crippen LogP contribution in [0.15, 0.2) is 24.3 Å². The summed E-state index contributed by atoms with van der Waals surface area (Å²) in [6.45, 7) is 10.6. The molecule has 0 radical (unpaired) electrons. The van der Waals surface area contributed by atoms with E-state index in [9.17, 15) is 0 Å². The van der Waals surface area contributed by atoms with Gasteiger partial charge >= 0.3 is 0 Å². The maximum atomic E-state index is 6.16. The molecule has 0 amide bonds. The molecule has 1 nitrogen and oxygen atoms in total. The van der Waals surface area contributed by atoms with E-state index in [2.05, 4.69) is 58.1 Å². The molecule has 0 saturated heterocycles. The van der Waals surface area contributed by atoms with Crippen molar-refractivity contribution in [3.8, 4) is 0 Å². The lowest BCUT2D eigenvalue weighted by molar-refractivity contribution is 0.547. The lowest BCUT2D eigenvalue weighted by Gasteiger charge is -2.13. The Morgan fingerprint density at radius 3 is 2.18 bits per heavy atom. The monoisotopic (exact) mass is 229 g/mol. The molecule has 0 aliphatic carbocycles. The van der Waals surface area contributed by atoms with Crippen molar-refractivity contribution in [3.05, 3.63) is 41.0 Å². The van der Waals surface area contributed by atoms with Gasteiger partial charge in [-0.25, -0.2) is 0 Å². The minimum Gasteiger partial charge on any atom is -0.398 e. The maximum Gasteiger partial charge on any atom is 0.0423 e. The van der Waals surface area contributed by atoms with Crippen molar-refractivity contribution in [3.63, 3.8) is 0 Å². The van der Waals surface area contributed by atoms with E-state index in [1.165, 1.54) is 5.56 Å². The molecule has 0 aromatic heterocycles. The topological polar surface area (TPSA) is 26.0 Å². The Hall–Kier alpha value is -1.50. The molecule has 0 fully saturated rings. The fourth-order valence-electron chi connectivity index (χ4n) is 1.61. The van der Waals surface area contributed by atoms with Crippen molar-refractivity contribution in [1.29, 1.82) is 0 Å². The Balaban J connectivity index is 3.13. The molecule has 1 aromatic carbocycles. The molecule has 0 heterocycles. The summed E-state index contributed by atoms with van der Waals surface area (Å²) in [5.74, 6) is 0. The molecule has 2 N–H and O–H groups in total. The first-order chi connectivity index (χ1) is 7.85. The summed E-state index contributed by atoms with van der Waals surface area (Å²) in [5.41, 5.74) is 10.7. The second-order valence-corrected chi connectivity index (χ2v) is 5.48. The number of benzene rings is 1. The number of nitrogens with two attached hydrogens (primary N) is 1. The molecule has 17 heavy (non-hydrogen) atoms. The normalized spacial score (nSPS) is 12.8. The lowest BCUT2D eigenvalue weighted by atomic mass is 9.94. The SMILES string of the molecule is CC=Cc1ccc(C=CC(C)(C)C)c(N)c1C. The van der Waals surface area contributed by atoms with Crippen LogP contribution in [0.25, 0.3) is 12.2 Å². The van der Waals surface area contributed by atoms with Gasteiger partial charge in [-0.15, -0.1) is 0 Å². The largest absolute Gasteiger partial charge is 0.398 e. The van der Waals surface area contributed by atoms with Gasteiger partial charge in [-0.2, -0.15) is 0 Å². The minimum absolute atomic E-state index is 0.183. The highest BCUT2D eigenvalue weighted by Gasteiger charge is 2.06. The first-order valence-electron chi connectivity index (χ1n) is 6.06. The standard InChI is InChI=1S/C16H23N/c1-6-7-13-8-9-14(15(17)12(13)2)10-11-16(3,4)5/h6-11H,17H2,1-5H3. The quantitative estimate of drug-likeness (QED) is 0.733. The molecule has 0 atom stereocenters. The average Bonchev–Trinajstić information content (AvgIpc) is 2.23. The number of hydrogen-bond donors (Lipinski definition) is 1. The Morgan fingerprint density at radius 2 is 1.65 bits per heavy atom. The highest BCUT2D eigenvalue weighted by molar-refractivity contribution is 5.73. The van der Waals surface area contributed by atoms with Crippen molar-refractivity contribution in [2.75, 3.05) is 5.73 Å². The molecule has 1 heteroatoms. The van der Waals surface area contributed by atoms with E-state index in [0.717, 1.165) is 16.8 Å². The molecular weight excluding hydrogens is 206 g/mol. The number of nitrogen functional groups attached to an aromatic ring is 1. The number of hydrogen-bond acceptors (Lipinski definition) is 1. The second-order valence-electron chi connectivity index (χ2n) is 5.48. The third-order valence-electron chi connectivity index (χ3n) is 2.70. The van der Waals surface area contributed by atoms with Gasteiger partial charge in [-0.3, -0.25) is 0 Å². The van der Waals surface area contributed by atoms with E-state index in [4.69, 9.17) is 5.73 Å². The minimum atomic E-state index is 0.183. The van der Waals surface area contributed by atoms with Crippen LogP contribution in [0.4, 0.5) is 5.69 Å². The smallest absolute Gasteiger partial charge is 0.0423 e. The van der Waals surface area contributed by atoms with E-state index in [0.29, 0.717) is 0 Å². The van der Waals surface area contributed by atoms with Gasteiger partial charge in [0.1, 0.15) is 0 Å². The van der Waals surface area contributed by atoms with Gasteiger partial charge in [0.15, 0.2) is 0 Å². The zero-order valence-electron chi connectivity index (χ0n) is 11.5. The van der Waals surface area contributed by atoms with Crippen LogP contribution < -0.4 is 5.73 Å². The third-order valence-corrected chi connectivity index (χ3v) is 2.70. The molecule has 0 unspecified atom stereocenters. The summed E-state index contributed by atoms with van der Waals surface area (Å²) in [4.78, 5) is 0. The summed E-state index contributed by atoms with van der Waals surface area (Å²) >= 11 is 0. The van der Waals surface area contributed by atoms with Gasteiger partial charge in [0.25, 0.3) is 0 Å². The van der Waals surface area contributed by atoms with Crippen LogP contribution in [-0.4, -0.2) is 0 Å². The molecule has 0 bridgehead atoms. The molecule has 92 valence electrons. The van der Waals surface area contributed by atoms with E-state index >= 15 is 0 Å². The molecule has 1 aromatic rings. The molecule has 0 aliphatic rings. The predicted molar refractivity (Wildman–Crippen MR) is 78.8 cm³/mol. The molecular formula is C16H23N. The average molecular weight is 229 g/mol. The highest BCUT2D eigenvalue weighted by atomic mass is 14.6. The van der Waals surface area contributed by atoms with E-state index < -0.39 is 0 Å². The number of rotatable bonds is 2. The van der Waals surface area contributed by atoms with Gasteiger partial charge < -0.3 is 5.73 Å². The molecule has 1 rings (SSSR count). The zero-order valence-corrected chi connectivity index (χ0v) is 11.5. The fourth-order valence-corrected chi connectivity index (χ4v) is 1.61. The summed E-state index contributed by atoms with van der Waals surface area (Å²) in [6, 6.07) is 4.20. The number of allylic oxidation sites excluding steroid dienone is 2. The van der Waals surface area contributed by atoms with Gasteiger partial charge in [0, 0.05) is 5.69 Å². The van der Waals surface area contributed by atoms with Gasteiger partial charge in [0.05, 0.1) is 0 Å². The number of anilines is 1. The van der Waals surface area contributed by atoms with Gasteiger partial charge in [-0.1, -0.05) is 57.2 Å². The van der Waals surface area contributed by atoms with E-state index in [-0.39, 0.29) is 5.41 Å². The summed E-state index contributed by atoms with van der Waals surface area (Å²) in [7, 11) is 0. The Kier molecular flexibility index (Phi) is 4.17. The maximum absolute atomic E-state index is 6.16. The highest BCUT2D eigenvalue weighted by Crippen LogP contribution is 2.25. The van der Waals surface area contributed by atoms with Crippen LogP contribution in [0.1, 0.15) is 44.4 Å². The van der Waals surface area contributed by atoms with Crippen LogP contribution >= 0.6 is 0 Å². The Morgan fingerprint density at radius 1 is 1.06 bits per heavy atom. The lowest BCUT2D eigenvalue weighted by Crippen LogP contribution is -2.00. The van der Waals surface area contributed by atoms with Crippen LogP contribution in [0.3, 0.4) is 0 Å². The van der Waals surface area contributed by atoms with Crippen molar-refractivity contribution in [1.82, 2.24) is 0 Å². The van der Waals surface area contributed by atoms with E-state index in [1.807, 2.05) is 13.0 Å². The molecule has 0 saturated carbocycles. The summed E-state index contributed by atoms with van der Waals surface area (Å²) in [6.07, 6.45) is 8.42. The second kappa shape index (κ2) is 5.22. The van der Waals surface area contributed by atoms with Gasteiger partial charge in [0.2, 0.25) is 0 Å². The Bertz CT molecular complexity index is 445. The Labute approximate surface area is 105 Å². The molecule has 0 aliphatic heterocycles. The van der Waals surface area contributed by atoms with Gasteiger partial charge in [-0.05, 0) is 36.0 Å². The first kappa shape index (κ1) is 13.6. The van der Waals surface area contributed by atoms with Crippen LogP contribution in [-0.2, 0) is 0 Å². The van der Waals surface area contributed by atoms with Crippen LogP contribution in [0.2, 0.25) is 0 Å². The van der Waals surface area contributed by atoms with E-state index in [1.54, 1.807) is 0 Å². The van der Waals surface area contributed by atoms with Crippen molar-refractivity contribution < 1.29 is 0 Å². The zero-order chi connectivity index (χ0) is 13.1. The molecule has 0 spiro atoms. The van der Waals surface area contributed by atoms with Crippen molar-refractivity contribution in [2.45, 2.75) is 34.6 Å². The first-order valence-corrected chi connectivity index (χ1v) is 6.06. The van der Waals surface area contributed by atoms with Crippen molar-refractivity contribution in [2.24, 2.45) is 5.41 Å².